The number of furan rings is 1. The number of carbonyl (C=O) groups is 1. The number of aliphatic hydroxyl groups is 1. The van der Waals surface area contributed by atoms with Crippen molar-refractivity contribution in [2.24, 2.45) is 0 Å². The van der Waals surface area contributed by atoms with Gasteiger partial charge in [-0.1, -0.05) is 11.6 Å². The molecule has 3 aromatic rings. The van der Waals surface area contributed by atoms with Crippen LogP contribution in [-0.2, 0) is 9.84 Å². The second-order valence-electron chi connectivity index (χ2n) is 4.70. The van der Waals surface area contributed by atoms with Crippen LogP contribution >= 0.6 is 11.6 Å². The van der Waals surface area contributed by atoms with Crippen LogP contribution < -0.4 is 0 Å². The highest BCUT2D eigenvalue weighted by Crippen LogP contribution is 2.27. The second-order valence-corrected chi connectivity index (χ2v) is 7.06. The summed E-state index contributed by atoms with van der Waals surface area (Å²) in [5.41, 5.74) is 0. The molecule has 9 nitrogen and oxygen atoms in total. The van der Waals surface area contributed by atoms with Gasteiger partial charge in [0.25, 0.3) is 0 Å². The smallest absolute Gasteiger partial charge is 0.239 e. The predicted molar refractivity (Wildman–Crippen MR) is 84.7 cm³/mol. The Labute approximate surface area is 145 Å². The van der Waals surface area contributed by atoms with Crippen LogP contribution in [-0.4, -0.2) is 39.9 Å². The zero-order chi connectivity index (χ0) is 18.0. The van der Waals surface area contributed by atoms with Crippen molar-refractivity contribution in [3.05, 3.63) is 59.3 Å². The van der Waals surface area contributed by atoms with Crippen LogP contribution in [0.1, 0.15) is 16.4 Å². The van der Waals surface area contributed by atoms with Crippen molar-refractivity contribution in [1.29, 1.82) is 0 Å². The maximum Gasteiger partial charge on any atom is 0.239 e. The number of aromatic amines is 1. The highest BCUT2D eigenvalue weighted by molar-refractivity contribution is 7.91. The molecule has 1 aromatic carbocycles. The van der Waals surface area contributed by atoms with E-state index in [1.54, 1.807) is 0 Å². The third-order valence-electron chi connectivity index (χ3n) is 3.11. The summed E-state index contributed by atoms with van der Waals surface area (Å²) in [6.45, 7) is 0. The van der Waals surface area contributed by atoms with Gasteiger partial charge in [-0.05, 0) is 35.5 Å². The molecule has 128 valence electrons. The number of rotatable bonds is 5. The minimum atomic E-state index is -4.01. The highest BCUT2D eigenvalue weighted by Gasteiger charge is 2.27. The van der Waals surface area contributed by atoms with Crippen molar-refractivity contribution in [1.82, 2.24) is 20.6 Å². The fraction of sp³-hybridized carbons (Fsp3) is 0. The van der Waals surface area contributed by atoms with Gasteiger partial charge < -0.3 is 9.52 Å². The van der Waals surface area contributed by atoms with Crippen molar-refractivity contribution < 1.29 is 22.7 Å². The van der Waals surface area contributed by atoms with Gasteiger partial charge >= 0.3 is 0 Å². The van der Waals surface area contributed by atoms with Gasteiger partial charge in [0.2, 0.25) is 21.4 Å². The van der Waals surface area contributed by atoms with Crippen molar-refractivity contribution in [2.45, 2.75) is 9.79 Å². The average molecular weight is 381 g/mol. The fourth-order valence-electron chi connectivity index (χ4n) is 1.95. The van der Waals surface area contributed by atoms with Gasteiger partial charge in [0.1, 0.15) is 4.90 Å². The SMILES string of the molecule is O=C(C=C(O)c1nn[nH]n1)c1occc1S(=O)(=O)c1ccc(Cl)cc1. The predicted octanol–water partition coefficient (Wildman–Crippen LogP) is 2.06. The molecule has 0 saturated heterocycles. The summed E-state index contributed by atoms with van der Waals surface area (Å²) in [6, 6.07) is 6.60. The molecule has 0 fully saturated rings. The lowest BCUT2D eigenvalue weighted by atomic mass is 10.2. The number of H-pyrrole nitrogens is 1. The fourth-order valence-corrected chi connectivity index (χ4v) is 3.46. The van der Waals surface area contributed by atoms with E-state index in [4.69, 9.17) is 16.0 Å². The number of benzene rings is 1. The lowest BCUT2D eigenvalue weighted by molar-refractivity contribution is 0.101. The van der Waals surface area contributed by atoms with E-state index in [2.05, 4.69) is 20.6 Å². The number of allylic oxidation sites excluding steroid dienone is 1. The van der Waals surface area contributed by atoms with Crippen molar-refractivity contribution >= 4 is 33.0 Å². The molecular weight excluding hydrogens is 372 g/mol. The molecule has 2 aromatic heterocycles. The molecule has 2 heterocycles. The van der Waals surface area contributed by atoms with E-state index >= 15 is 0 Å². The van der Waals surface area contributed by atoms with E-state index in [9.17, 15) is 18.3 Å². The van der Waals surface area contributed by atoms with E-state index in [0.29, 0.717) is 5.02 Å². The van der Waals surface area contributed by atoms with Gasteiger partial charge in [0, 0.05) is 11.1 Å². The van der Waals surface area contributed by atoms with E-state index in [-0.39, 0.29) is 15.6 Å². The quantitative estimate of drug-likeness (QED) is 0.389. The minimum Gasteiger partial charge on any atom is -0.504 e. The molecule has 0 aliphatic carbocycles. The van der Waals surface area contributed by atoms with Gasteiger partial charge in [-0.15, -0.1) is 10.2 Å². The first-order valence-corrected chi connectivity index (χ1v) is 8.52. The zero-order valence-corrected chi connectivity index (χ0v) is 13.8. The highest BCUT2D eigenvalue weighted by atomic mass is 35.5. The number of tetrazole rings is 1. The third-order valence-corrected chi connectivity index (χ3v) is 5.15. The Kier molecular flexibility index (Phi) is 4.38. The minimum absolute atomic E-state index is 0.0567. The van der Waals surface area contributed by atoms with Crippen LogP contribution in [0.15, 0.2) is 56.9 Å². The first-order valence-electron chi connectivity index (χ1n) is 6.66. The summed E-state index contributed by atoms with van der Waals surface area (Å²) >= 11 is 5.75. The third kappa shape index (κ3) is 3.30. The number of aliphatic hydroxyl groups excluding tert-OH is 1. The molecular formula is C14H9ClN4O5S. The monoisotopic (exact) mass is 380 g/mol. The van der Waals surface area contributed by atoms with Crippen LogP contribution in [0.4, 0.5) is 0 Å². The van der Waals surface area contributed by atoms with E-state index in [1.165, 1.54) is 24.3 Å². The number of hydrogen-bond acceptors (Lipinski definition) is 8. The number of nitrogens with zero attached hydrogens (tertiary/aromatic N) is 3. The summed E-state index contributed by atoms with van der Waals surface area (Å²) in [5.74, 6) is -2.14. The van der Waals surface area contributed by atoms with Gasteiger partial charge in [-0.3, -0.25) is 4.79 Å². The van der Waals surface area contributed by atoms with Crippen LogP contribution in [0.2, 0.25) is 5.02 Å². The van der Waals surface area contributed by atoms with Gasteiger partial charge in [0.05, 0.1) is 11.2 Å². The summed E-state index contributed by atoms with van der Waals surface area (Å²) in [5, 5.41) is 22.5. The van der Waals surface area contributed by atoms with Crippen LogP contribution in [0.25, 0.3) is 5.76 Å². The number of ketones is 1. The molecule has 0 aliphatic heterocycles. The second kappa shape index (κ2) is 6.49. The molecule has 0 unspecified atom stereocenters. The van der Waals surface area contributed by atoms with Crippen molar-refractivity contribution in [2.75, 3.05) is 0 Å². The molecule has 0 bridgehead atoms. The number of aromatic nitrogens is 4. The average Bonchev–Trinajstić information content (AvgIpc) is 3.27. The zero-order valence-electron chi connectivity index (χ0n) is 12.2. The molecule has 0 atom stereocenters. The lowest BCUT2D eigenvalue weighted by Gasteiger charge is -2.04. The van der Waals surface area contributed by atoms with Crippen LogP contribution in [0.3, 0.4) is 0 Å². The standard InChI is InChI=1S/C14H9ClN4O5S/c15-8-1-3-9(4-2-8)25(22,23)12-5-6-24-13(12)10(20)7-11(21)14-16-18-19-17-14/h1-7,21H,(H,16,17,18,19). The van der Waals surface area contributed by atoms with Crippen molar-refractivity contribution in [3.8, 4) is 0 Å². The molecule has 25 heavy (non-hydrogen) atoms. The Morgan fingerprint density at radius 3 is 2.60 bits per heavy atom. The molecule has 0 radical (unpaired) electrons. The van der Waals surface area contributed by atoms with Crippen molar-refractivity contribution in [3.63, 3.8) is 0 Å². The molecule has 0 amide bonds. The normalized spacial score (nSPS) is 12.3. The van der Waals surface area contributed by atoms with Crippen LogP contribution in [0.5, 0.6) is 0 Å². The largest absolute Gasteiger partial charge is 0.504 e. The molecule has 0 spiro atoms. The molecule has 2 N–H and O–H groups in total. The summed E-state index contributed by atoms with van der Waals surface area (Å²) in [4.78, 5) is 11.9. The number of halogens is 1. The number of carbonyl (C=O) groups excluding carboxylic acids is 1. The lowest BCUT2D eigenvalue weighted by Crippen LogP contribution is -2.07. The Bertz CT molecular complexity index is 1040. The first kappa shape index (κ1) is 16.9. The Hall–Kier alpha value is -2.98. The molecule has 0 aliphatic rings. The molecule has 0 saturated carbocycles. The van der Waals surface area contributed by atoms with Crippen LogP contribution in [0, 0.1) is 0 Å². The van der Waals surface area contributed by atoms with Gasteiger partial charge in [-0.2, -0.15) is 5.21 Å². The number of hydrogen-bond donors (Lipinski definition) is 2. The summed E-state index contributed by atoms with van der Waals surface area (Å²) in [6.07, 6.45) is 1.81. The Morgan fingerprint density at radius 1 is 1.24 bits per heavy atom. The van der Waals surface area contributed by atoms with Gasteiger partial charge in [-0.25, -0.2) is 8.42 Å². The Balaban J connectivity index is 1.99. The van der Waals surface area contributed by atoms with Gasteiger partial charge in [0.15, 0.2) is 11.5 Å². The topological polar surface area (TPSA) is 139 Å². The summed E-state index contributed by atoms with van der Waals surface area (Å²) in [7, 11) is -4.01. The Morgan fingerprint density at radius 2 is 1.96 bits per heavy atom. The molecule has 11 heteroatoms. The van der Waals surface area contributed by atoms with E-state index in [1.807, 2.05) is 0 Å². The summed E-state index contributed by atoms with van der Waals surface area (Å²) < 4.78 is 30.3. The number of sulfone groups is 1. The first-order chi connectivity index (χ1) is 11.9. The maximum atomic E-state index is 12.7. The van der Waals surface area contributed by atoms with E-state index in [0.717, 1.165) is 18.4 Å². The number of nitrogens with one attached hydrogen (secondary N) is 1. The van der Waals surface area contributed by atoms with E-state index < -0.39 is 27.1 Å². The maximum absolute atomic E-state index is 12.7. The molecule has 3 rings (SSSR count).